The van der Waals surface area contributed by atoms with E-state index in [1.54, 1.807) is 48.7 Å². The quantitative estimate of drug-likeness (QED) is 0.823. The average Bonchev–Trinajstić information content (AvgIpc) is 2.79. The molecule has 108 valence electrons. The van der Waals surface area contributed by atoms with Gasteiger partial charge in [-0.2, -0.15) is 0 Å². The molecule has 1 aliphatic carbocycles. The van der Waals surface area contributed by atoms with E-state index in [2.05, 4.69) is 10.3 Å². The molecule has 2 aromatic rings. The molecule has 4 rings (SSSR count). The van der Waals surface area contributed by atoms with Crippen LogP contribution in [0.5, 0.6) is 0 Å². The molecule has 1 saturated heterocycles. The molecule has 1 aliphatic heterocycles. The van der Waals surface area contributed by atoms with Gasteiger partial charge in [-0.3, -0.25) is 19.9 Å². The second-order valence-corrected chi connectivity index (χ2v) is 5.87. The number of pyridine rings is 1. The van der Waals surface area contributed by atoms with Crippen LogP contribution in [0.15, 0.2) is 54.8 Å². The predicted molar refractivity (Wildman–Crippen MR) is 83.4 cm³/mol. The minimum absolute atomic E-state index is 0.274. The zero-order valence-corrected chi connectivity index (χ0v) is 12.2. The van der Waals surface area contributed by atoms with Crippen LogP contribution in [-0.2, 0) is 15.0 Å². The summed E-state index contributed by atoms with van der Waals surface area (Å²) in [6.45, 7) is 0. The number of rotatable bonds is 1. The van der Waals surface area contributed by atoms with Crippen molar-refractivity contribution in [3.05, 3.63) is 65.4 Å². The number of amides is 2. The molecular formula is C17H11ClN2O2. The van der Waals surface area contributed by atoms with Crippen molar-refractivity contribution in [2.24, 2.45) is 5.92 Å². The van der Waals surface area contributed by atoms with Gasteiger partial charge in [-0.05, 0) is 23.8 Å². The number of carbonyl (C=O) groups is 2. The van der Waals surface area contributed by atoms with Crippen LogP contribution in [0, 0.1) is 5.92 Å². The van der Waals surface area contributed by atoms with E-state index < -0.39 is 11.3 Å². The van der Waals surface area contributed by atoms with Crippen molar-refractivity contribution in [3.8, 4) is 0 Å². The molecule has 2 unspecified atom stereocenters. The molecule has 1 fully saturated rings. The number of carbonyl (C=O) groups excluding carboxylic acids is 2. The second kappa shape index (κ2) is 4.52. The SMILES string of the molecule is O=C1NC(=O)C2(c3ccnc4cc(Cl)ccc34)C=CC=CC12. The smallest absolute Gasteiger partial charge is 0.242 e. The minimum atomic E-state index is -1.01. The molecule has 2 amide bonds. The van der Waals surface area contributed by atoms with Crippen molar-refractivity contribution >= 4 is 34.3 Å². The van der Waals surface area contributed by atoms with Crippen molar-refractivity contribution in [1.29, 1.82) is 0 Å². The maximum Gasteiger partial charge on any atom is 0.242 e. The molecule has 2 heterocycles. The number of benzene rings is 1. The highest BCUT2D eigenvalue weighted by atomic mass is 35.5. The third-order valence-electron chi connectivity index (χ3n) is 4.31. The maximum absolute atomic E-state index is 12.6. The summed E-state index contributed by atoms with van der Waals surface area (Å²) in [5.41, 5.74) is 0.456. The Balaban J connectivity index is 2.05. The first-order valence-electron chi connectivity index (χ1n) is 6.89. The largest absolute Gasteiger partial charge is 0.295 e. The number of hydrogen-bond donors (Lipinski definition) is 1. The monoisotopic (exact) mass is 310 g/mol. The molecule has 0 spiro atoms. The lowest BCUT2D eigenvalue weighted by Gasteiger charge is -2.29. The van der Waals surface area contributed by atoms with Gasteiger partial charge in [0.1, 0.15) is 5.41 Å². The lowest BCUT2D eigenvalue weighted by Crippen LogP contribution is -2.38. The Kier molecular flexibility index (Phi) is 2.71. The zero-order valence-electron chi connectivity index (χ0n) is 11.4. The Morgan fingerprint density at radius 1 is 1.18 bits per heavy atom. The molecule has 5 heteroatoms. The van der Waals surface area contributed by atoms with Crippen molar-refractivity contribution in [2.75, 3.05) is 0 Å². The molecule has 22 heavy (non-hydrogen) atoms. The summed E-state index contributed by atoms with van der Waals surface area (Å²) in [7, 11) is 0. The summed E-state index contributed by atoms with van der Waals surface area (Å²) in [5, 5.41) is 3.85. The molecule has 1 aromatic carbocycles. The fourth-order valence-electron chi connectivity index (χ4n) is 3.30. The lowest BCUT2D eigenvalue weighted by molar-refractivity contribution is -0.126. The summed E-state index contributed by atoms with van der Waals surface area (Å²) < 4.78 is 0. The molecule has 2 atom stereocenters. The molecule has 1 aromatic heterocycles. The van der Waals surface area contributed by atoms with Gasteiger partial charge in [0.05, 0.1) is 11.4 Å². The van der Waals surface area contributed by atoms with Gasteiger partial charge in [-0.1, -0.05) is 42.0 Å². The van der Waals surface area contributed by atoms with E-state index in [0.29, 0.717) is 10.5 Å². The number of fused-ring (bicyclic) bond motifs is 2. The van der Waals surface area contributed by atoms with Gasteiger partial charge in [-0.25, -0.2) is 0 Å². The van der Waals surface area contributed by atoms with Crippen LogP contribution in [0.2, 0.25) is 5.02 Å². The van der Waals surface area contributed by atoms with Crippen molar-refractivity contribution in [2.45, 2.75) is 5.41 Å². The number of nitrogens with zero attached hydrogens (tertiary/aromatic N) is 1. The number of halogens is 1. The van der Waals surface area contributed by atoms with Gasteiger partial charge < -0.3 is 0 Å². The molecule has 2 aliphatic rings. The molecule has 0 radical (unpaired) electrons. The highest BCUT2D eigenvalue weighted by molar-refractivity contribution is 6.31. The summed E-state index contributed by atoms with van der Waals surface area (Å²) >= 11 is 6.02. The highest BCUT2D eigenvalue weighted by Gasteiger charge is 2.54. The maximum atomic E-state index is 12.6. The highest BCUT2D eigenvalue weighted by Crippen LogP contribution is 2.44. The number of hydrogen-bond acceptors (Lipinski definition) is 3. The van der Waals surface area contributed by atoms with Crippen LogP contribution < -0.4 is 5.32 Å². The van der Waals surface area contributed by atoms with Crippen LogP contribution >= 0.6 is 11.6 Å². The zero-order chi connectivity index (χ0) is 15.3. The Morgan fingerprint density at radius 2 is 2.05 bits per heavy atom. The van der Waals surface area contributed by atoms with Gasteiger partial charge in [-0.15, -0.1) is 0 Å². The predicted octanol–water partition coefficient (Wildman–Crippen LogP) is 2.52. The van der Waals surface area contributed by atoms with E-state index in [1.807, 2.05) is 6.07 Å². The van der Waals surface area contributed by atoms with Crippen molar-refractivity contribution < 1.29 is 9.59 Å². The average molecular weight is 311 g/mol. The Labute approximate surface area is 131 Å². The topological polar surface area (TPSA) is 59.1 Å². The first kappa shape index (κ1) is 13.2. The lowest BCUT2D eigenvalue weighted by atomic mass is 9.69. The molecule has 0 bridgehead atoms. The van der Waals surface area contributed by atoms with Crippen LogP contribution in [0.3, 0.4) is 0 Å². The van der Waals surface area contributed by atoms with Crippen LogP contribution in [0.25, 0.3) is 10.9 Å². The number of imide groups is 1. The first-order chi connectivity index (χ1) is 10.6. The Morgan fingerprint density at radius 3 is 2.91 bits per heavy atom. The van der Waals surface area contributed by atoms with E-state index in [4.69, 9.17) is 11.6 Å². The fraction of sp³-hybridized carbons (Fsp3) is 0.118. The number of aromatic nitrogens is 1. The summed E-state index contributed by atoms with van der Waals surface area (Å²) in [4.78, 5) is 29.0. The van der Waals surface area contributed by atoms with E-state index in [9.17, 15) is 9.59 Å². The molecular weight excluding hydrogens is 300 g/mol. The molecule has 4 nitrogen and oxygen atoms in total. The third kappa shape index (κ3) is 1.61. The van der Waals surface area contributed by atoms with Gasteiger partial charge >= 0.3 is 0 Å². The van der Waals surface area contributed by atoms with Crippen LogP contribution in [0.1, 0.15) is 5.56 Å². The van der Waals surface area contributed by atoms with Crippen LogP contribution in [-0.4, -0.2) is 16.8 Å². The van der Waals surface area contributed by atoms with Gasteiger partial charge in [0.2, 0.25) is 11.8 Å². The summed E-state index contributed by atoms with van der Waals surface area (Å²) in [5.74, 6) is -1.11. The van der Waals surface area contributed by atoms with Crippen molar-refractivity contribution in [1.82, 2.24) is 10.3 Å². The minimum Gasteiger partial charge on any atom is -0.295 e. The molecule has 0 saturated carbocycles. The second-order valence-electron chi connectivity index (χ2n) is 5.43. The Hall–Kier alpha value is -2.46. The summed E-state index contributed by atoms with van der Waals surface area (Å²) in [6, 6.07) is 7.15. The van der Waals surface area contributed by atoms with E-state index >= 15 is 0 Å². The van der Waals surface area contributed by atoms with Crippen molar-refractivity contribution in [3.63, 3.8) is 0 Å². The fourth-order valence-corrected chi connectivity index (χ4v) is 3.47. The van der Waals surface area contributed by atoms with E-state index in [-0.39, 0.29) is 11.8 Å². The van der Waals surface area contributed by atoms with Gasteiger partial charge in [0.25, 0.3) is 0 Å². The standard InChI is InChI=1S/C17H11ClN2O2/c18-10-4-5-11-12(6-8-19-14(11)9-10)17-7-2-1-3-13(17)15(21)20-16(17)22/h1-9,13H,(H,20,21,22). The normalized spacial score (nSPS) is 26.3. The number of allylic oxidation sites excluding steroid dienone is 2. The third-order valence-corrected chi connectivity index (χ3v) is 4.54. The van der Waals surface area contributed by atoms with E-state index in [1.165, 1.54) is 0 Å². The summed E-state index contributed by atoms with van der Waals surface area (Å²) in [6.07, 6.45) is 8.80. The number of nitrogens with one attached hydrogen (secondary N) is 1. The van der Waals surface area contributed by atoms with E-state index in [0.717, 1.165) is 10.9 Å². The van der Waals surface area contributed by atoms with Gasteiger partial charge in [0.15, 0.2) is 0 Å². The Bertz CT molecular complexity index is 887. The first-order valence-corrected chi connectivity index (χ1v) is 7.27. The van der Waals surface area contributed by atoms with Gasteiger partial charge in [0, 0.05) is 16.6 Å². The molecule has 1 N–H and O–H groups in total. The van der Waals surface area contributed by atoms with Crippen LogP contribution in [0.4, 0.5) is 0 Å².